The summed E-state index contributed by atoms with van der Waals surface area (Å²) in [5.74, 6) is 1.08. The third-order valence-electron chi connectivity index (χ3n) is 16.1. The predicted molar refractivity (Wildman–Crippen MR) is 186 cm³/mol. The van der Waals surface area contributed by atoms with Gasteiger partial charge in [-0.15, -0.1) is 0 Å². The summed E-state index contributed by atoms with van der Waals surface area (Å²) >= 11 is 0. The Hall–Kier alpha value is -1.66. The number of hydrogen-bond donors (Lipinski definition) is 4. The van der Waals surface area contributed by atoms with Crippen LogP contribution in [0.25, 0.3) is 0 Å². The summed E-state index contributed by atoms with van der Waals surface area (Å²) < 4.78 is 19.6. The third-order valence-corrected chi connectivity index (χ3v) is 16.1. The van der Waals surface area contributed by atoms with Gasteiger partial charge in [0.2, 0.25) is 5.91 Å². The largest absolute Gasteiger partial charge is 0.388 e. The van der Waals surface area contributed by atoms with E-state index in [2.05, 4.69) is 32.7 Å². The number of fused-ring (bicyclic) bond motifs is 4. The molecule has 8 rings (SSSR count). The summed E-state index contributed by atoms with van der Waals surface area (Å²) in [6.07, 6.45) is 8.50. The zero-order chi connectivity index (χ0) is 35.6. The summed E-state index contributed by atoms with van der Waals surface area (Å²) in [6.45, 7) is 14.1. The first kappa shape index (κ1) is 35.4. The average molecular weight is 696 g/mol. The van der Waals surface area contributed by atoms with Crippen LogP contribution in [-0.2, 0) is 25.4 Å². The molecule has 7 aliphatic rings. The molecule has 278 valence electrons. The van der Waals surface area contributed by atoms with E-state index in [1.54, 1.807) is 26.2 Å². The van der Waals surface area contributed by atoms with Crippen molar-refractivity contribution < 1.29 is 34.3 Å². The van der Waals surface area contributed by atoms with Gasteiger partial charge in [-0.3, -0.25) is 9.78 Å². The first-order valence-electron chi connectivity index (χ1n) is 19.5. The molecule has 5 N–H and O–H groups in total. The maximum absolute atomic E-state index is 13.2. The van der Waals surface area contributed by atoms with Crippen molar-refractivity contribution in [2.24, 2.45) is 51.1 Å². The smallest absolute Gasteiger partial charge is 0.227 e. The molecule has 7 fully saturated rings. The number of carbonyl (C=O) groups excluding carboxylic acids is 1. The molecule has 10 heteroatoms. The van der Waals surface area contributed by atoms with Crippen LogP contribution in [0.1, 0.15) is 98.5 Å². The molecule has 14 unspecified atom stereocenters. The molecule has 10 nitrogen and oxygen atoms in total. The van der Waals surface area contributed by atoms with E-state index >= 15 is 0 Å². The van der Waals surface area contributed by atoms with Gasteiger partial charge in [-0.05, 0) is 128 Å². The maximum Gasteiger partial charge on any atom is 0.227 e. The second kappa shape index (κ2) is 11.7. The molecular formula is C40H61N3O7. The Balaban J connectivity index is 0.985. The lowest BCUT2D eigenvalue weighted by Gasteiger charge is -2.63. The van der Waals surface area contributed by atoms with E-state index in [0.29, 0.717) is 38.5 Å². The van der Waals surface area contributed by atoms with Crippen LogP contribution in [0.4, 0.5) is 0 Å². The lowest BCUT2D eigenvalue weighted by atomic mass is 9.43. The highest BCUT2D eigenvalue weighted by Crippen LogP contribution is 2.87. The molecule has 50 heavy (non-hydrogen) atoms. The van der Waals surface area contributed by atoms with Gasteiger partial charge in [-0.2, -0.15) is 0 Å². The van der Waals surface area contributed by atoms with Crippen molar-refractivity contribution >= 4 is 5.91 Å². The van der Waals surface area contributed by atoms with Gasteiger partial charge in [-0.1, -0.05) is 27.7 Å². The molecule has 2 spiro atoms. The number of pyridine rings is 1. The van der Waals surface area contributed by atoms with Crippen molar-refractivity contribution in [1.82, 2.24) is 9.88 Å². The van der Waals surface area contributed by atoms with Crippen molar-refractivity contribution in [2.75, 3.05) is 19.7 Å². The zero-order valence-electron chi connectivity index (χ0n) is 31.0. The number of amides is 1. The quantitative estimate of drug-likeness (QED) is 0.349. The summed E-state index contributed by atoms with van der Waals surface area (Å²) in [7, 11) is 0. The number of ether oxygens (including phenoxy) is 3. The van der Waals surface area contributed by atoms with Gasteiger partial charge in [0.05, 0.1) is 55.1 Å². The molecule has 0 bridgehead atoms. The molecule has 5 aliphatic carbocycles. The second-order valence-electron chi connectivity index (χ2n) is 19.1. The number of morpholine rings is 1. The first-order valence-corrected chi connectivity index (χ1v) is 19.5. The molecule has 2 aliphatic heterocycles. The average Bonchev–Trinajstić information content (AvgIpc) is 3.70. The minimum atomic E-state index is -1.30. The standard InChI is InChI=1S/C40H61N3O7/c1-23-19-25(33(45)36(4,5)47)49-32-31(23)37(6)13-14-39-22-38(39)12-9-28(35(2,3)26(38)7-8-27(39)40(37,41)34(32)46)50-30-21-43(17-18-48-30)29(44)20-24-10-15-42-16-11-24/h10-11,15-16,23,25-28,30-34,45-47H,7-9,12-14,17-22,41H2,1-6H3. The molecule has 1 aromatic rings. The van der Waals surface area contributed by atoms with E-state index in [1.807, 2.05) is 17.0 Å². The van der Waals surface area contributed by atoms with Crippen LogP contribution in [-0.4, -0.2) is 98.8 Å². The van der Waals surface area contributed by atoms with Crippen molar-refractivity contribution in [2.45, 2.75) is 147 Å². The Morgan fingerprint density at radius 1 is 1.12 bits per heavy atom. The number of aliphatic hydroxyl groups excluding tert-OH is 2. The van der Waals surface area contributed by atoms with Gasteiger partial charge >= 0.3 is 0 Å². The number of aromatic nitrogens is 1. The van der Waals surface area contributed by atoms with E-state index in [-0.39, 0.29) is 51.4 Å². The van der Waals surface area contributed by atoms with E-state index in [0.717, 1.165) is 50.5 Å². The molecule has 0 radical (unpaired) electrons. The number of rotatable bonds is 6. The maximum atomic E-state index is 13.2. The second-order valence-corrected chi connectivity index (χ2v) is 19.1. The van der Waals surface area contributed by atoms with E-state index < -0.39 is 41.8 Å². The van der Waals surface area contributed by atoms with Gasteiger partial charge in [0.25, 0.3) is 0 Å². The van der Waals surface area contributed by atoms with Gasteiger partial charge in [0.15, 0.2) is 6.29 Å². The number of carbonyl (C=O) groups is 1. The molecule has 1 amide bonds. The van der Waals surface area contributed by atoms with E-state index in [9.17, 15) is 20.1 Å². The van der Waals surface area contributed by atoms with Crippen molar-refractivity contribution in [3.8, 4) is 0 Å². The van der Waals surface area contributed by atoms with Crippen molar-refractivity contribution in [1.29, 1.82) is 0 Å². The fourth-order valence-electron chi connectivity index (χ4n) is 13.7. The Morgan fingerprint density at radius 3 is 2.54 bits per heavy atom. The predicted octanol–water partition coefficient (Wildman–Crippen LogP) is 3.83. The summed E-state index contributed by atoms with van der Waals surface area (Å²) in [5, 5.41) is 34.0. The highest BCUT2D eigenvalue weighted by molar-refractivity contribution is 5.78. The fraction of sp³-hybridized carbons (Fsp3) is 0.850. The molecule has 1 aromatic heterocycles. The summed E-state index contributed by atoms with van der Waals surface area (Å²) in [6, 6.07) is 3.78. The minimum Gasteiger partial charge on any atom is -0.388 e. The molecule has 0 aromatic carbocycles. The molecule has 2 saturated heterocycles. The molecule has 3 heterocycles. The highest BCUT2D eigenvalue weighted by Gasteiger charge is 2.85. The third kappa shape index (κ3) is 4.84. The normalized spacial score (nSPS) is 48.4. The van der Waals surface area contributed by atoms with Crippen LogP contribution < -0.4 is 5.73 Å². The lowest BCUT2D eigenvalue weighted by Crippen LogP contribution is -2.70. The Morgan fingerprint density at radius 2 is 1.82 bits per heavy atom. The molecule has 5 saturated carbocycles. The van der Waals surface area contributed by atoms with Gasteiger partial charge in [0, 0.05) is 18.9 Å². The highest BCUT2D eigenvalue weighted by atomic mass is 16.7. The lowest BCUT2D eigenvalue weighted by molar-refractivity contribution is -0.245. The Kier molecular flexibility index (Phi) is 8.26. The van der Waals surface area contributed by atoms with Crippen molar-refractivity contribution in [3.63, 3.8) is 0 Å². The van der Waals surface area contributed by atoms with Gasteiger partial charge < -0.3 is 40.2 Å². The number of hydrogen-bond acceptors (Lipinski definition) is 9. The Labute approximate surface area is 297 Å². The monoisotopic (exact) mass is 695 g/mol. The van der Waals surface area contributed by atoms with E-state index in [1.165, 1.54) is 0 Å². The molecule has 14 atom stereocenters. The minimum absolute atomic E-state index is 0.0293. The first-order chi connectivity index (χ1) is 23.5. The fourth-order valence-corrected chi connectivity index (χ4v) is 13.7. The van der Waals surface area contributed by atoms with Crippen LogP contribution in [0.3, 0.4) is 0 Å². The van der Waals surface area contributed by atoms with Gasteiger partial charge in [-0.25, -0.2) is 0 Å². The Bertz CT molecular complexity index is 1470. The van der Waals surface area contributed by atoms with Crippen LogP contribution in [0.2, 0.25) is 0 Å². The topological polar surface area (TPSA) is 148 Å². The van der Waals surface area contributed by atoms with E-state index in [4.69, 9.17) is 19.9 Å². The van der Waals surface area contributed by atoms with Crippen LogP contribution in [0.15, 0.2) is 24.5 Å². The number of aliphatic hydroxyl groups is 3. The van der Waals surface area contributed by atoms with Crippen LogP contribution >= 0.6 is 0 Å². The summed E-state index contributed by atoms with van der Waals surface area (Å²) in [5.41, 5.74) is 6.56. The SMILES string of the molecule is CC1CC(C(O)C(C)(C)O)OC2C1C1(C)CCC34CC35CCC(OC3CN(C(=O)Cc6ccncc6)CCO3)C(C)(C)C5CCC4C1(N)C2O. The number of nitrogens with two attached hydrogens (primary N) is 1. The van der Waals surface area contributed by atoms with Crippen LogP contribution in [0, 0.1) is 45.3 Å². The van der Waals surface area contributed by atoms with Crippen molar-refractivity contribution in [3.05, 3.63) is 30.1 Å². The number of nitrogens with zero attached hydrogens (tertiary/aromatic N) is 2. The summed E-state index contributed by atoms with van der Waals surface area (Å²) in [4.78, 5) is 19.1. The zero-order valence-corrected chi connectivity index (χ0v) is 31.0. The molecular weight excluding hydrogens is 634 g/mol. The van der Waals surface area contributed by atoms with Gasteiger partial charge in [0.1, 0.15) is 6.10 Å². The van der Waals surface area contributed by atoms with Crippen LogP contribution in [0.5, 0.6) is 0 Å².